The molecule has 2 aromatic rings. The van der Waals surface area contributed by atoms with Crippen LogP contribution in [0, 0.1) is 13.8 Å². The van der Waals surface area contributed by atoms with Gasteiger partial charge in [-0.2, -0.15) is 0 Å². The Morgan fingerprint density at radius 2 is 2.00 bits per heavy atom. The number of hydrogen-bond acceptors (Lipinski definition) is 4. The first-order valence-corrected chi connectivity index (χ1v) is 6.82. The van der Waals surface area contributed by atoms with Crippen LogP contribution in [-0.4, -0.2) is 28.1 Å². The number of aromatic nitrogens is 1. The molecule has 2 rings (SSSR count). The Kier molecular flexibility index (Phi) is 4.80. The summed E-state index contributed by atoms with van der Waals surface area (Å²) >= 11 is 0. The van der Waals surface area contributed by atoms with Gasteiger partial charge in [-0.1, -0.05) is 12.1 Å². The molecule has 114 valence electrons. The molecule has 7 heteroatoms. The van der Waals surface area contributed by atoms with Gasteiger partial charge < -0.3 is 20.3 Å². The Labute approximate surface area is 128 Å². The minimum absolute atomic E-state index is 0.103. The maximum absolute atomic E-state index is 12.1. The average Bonchev–Trinajstić information content (AvgIpc) is 2.46. The lowest BCUT2D eigenvalue weighted by Crippen LogP contribution is -2.32. The van der Waals surface area contributed by atoms with Crippen molar-refractivity contribution in [3.8, 4) is 0 Å². The predicted octanol–water partition coefficient (Wildman–Crippen LogP) is -0.398. The molecule has 1 heterocycles. The Morgan fingerprint density at radius 1 is 1.27 bits per heavy atom. The van der Waals surface area contributed by atoms with Crippen LogP contribution in [0.1, 0.15) is 27.2 Å². The highest BCUT2D eigenvalue weighted by atomic mass is 16.4. The Hall–Kier alpha value is -2.38. The lowest BCUT2D eigenvalue weighted by atomic mass is 9.79. The fourth-order valence-corrected chi connectivity index (χ4v) is 2.21. The highest BCUT2D eigenvalue weighted by Crippen LogP contribution is 2.04. The molecule has 1 aromatic heterocycles. The average molecular weight is 300 g/mol. The number of H-pyrrole nitrogens is 1. The van der Waals surface area contributed by atoms with Crippen LogP contribution in [0.25, 0.3) is 0 Å². The van der Waals surface area contributed by atoms with Crippen LogP contribution in [0.2, 0.25) is 0 Å². The van der Waals surface area contributed by atoms with Crippen LogP contribution < -0.4 is 16.3 Å². The predicted molar refractivity (Wildman–Crippen MR) is 84.0 cm³/mol. The number of aryl methyl sites for hydroxylation is 2. The van der Waals surface area contributed by atoms with E-state index in [9.17, 15) is 9.59 Å². The van der Waals surface area contributed by atoms with Gasteiger partial charge in [-0.05, 0) is 43.1 Å². The number of nitrogens with one attached hydrogen (secondary N) is 2. The molecule has 0 spiro atoms. The van der Waals surface area contributed by atoms with Gasteiger partial charge in [0.1, 0.15) is 0 Å². The van der Waals surface area contributed by atoms with Gasteiger partial charge in [0.05, 0.1) is 0 Å². The van der Waals surface area contributed by atoms with E-state index >= 15 is 0 Å². The fraction of sp³-hybridized carbons (Fsp3) is 0.200. The Morgan fingerprint density at radius 3 is 2.64 bits per heavy atom. The van der Waals surface area contributed by atoms with E-state index in [1.165, 1.54) is 12.1 Å². The van der Waals surface area contributed by atoms with Crippen LogP contribution in [-0.2, 0) is 6.54 Å². The SMILES string of the molecule is Cc1cc(C)c(CNC(=O)c2cccc(B(O)O)c2)c(=O)[nH]1. The molecule has 0 radical (unpaired) electrons. The van der Waals surface area contributed by atoms with Crippen molar-refractivity contribution in [1.82, 2.24) is 10.3 Å². The number of carbonyl (C=O) groups is 1. The first kappa shape index (κ1) is 16.0. The molecule has 4 N–H and O–H groups in total. The van der Waals surface area contributed by atoms with Crippen LogP contribution in [0.15, 0.2) is 35.1 Å². The summed E-state index contributed by atoms with van der Waals surface area (Å²) in [6.45, 7) is 3.71. The van der Waals surface area contributed by atoms with E-state index in [1.807, 2.05) is 13.0 Å². The highest BCUT2D eigenvalue weighted by molar-refractivity contribution is 6.58. The summed E-state index contributed by atoms with van der Waals surface area (Å²) in [7, 11) is -1.63. The van der Waals surface area contributed by atoms with Crippen LogP contribution in [0.4, 0.5) is 0 Å². The van der Waals surface area contributed by atoms with E-state index in [-0.39, 0.29) is 23.5 Å². The molecule has 0 fully saturated rings. The second-order valence-electron chi connectivity index (χ2n) is 5.12. The molecular weight excluding hydrogens is 283 g/mol. The van der Waals surface area contributed by atoms with Gasteiger partial charge in [0.2, 0.25) is 0 Å². The van der Waals surface area contributed by atoms with E-state index in [4.69, 9.17) is 10.0 Å². The standard InChI is InChI=1S/C15H17BN2O4/c1-9-6-10(2)18-15(20)13(9)8-17-14(19)11-4-3-5-12(7-11)16(21)22/h3-7,21-22H,8H2,1-2H3,(H,17,19)(H,18,20). The second-order valence-corrected chi connectivity index (χ2v) is 5.12. The lowest BCUT2D eigenvalue weighted by Gasteiger charge is -2.09. The van der Waals surface area contributed by atoms with Gasteiger partial charge >= 0.3 is 7.12 Å². The van der Waals surface area contributed by atoms with Crippen molar-refractivity contribution in [2.45, 2.75) is 20.4 Å². The summed E-state index contributed by atoms with van der Waals surface area (Å²) in [5.74, 6) is -0.387. The molecule has 0 saturated carbocycles. The normalized spacial score (nSPS) is 10.4. The number of aromatic amines is 1. The highest BCUT2D eigenvalue weighted by Gasteiger charge is 2.14. The smallest absolute Gasteiger partial charge is 0.423 e. The number of benzene rings is 1. The summed E-state index contributed by atoms with van der Waals surface area (Å²) in [5.41, 5.74) is 2.38. The van der Waals surface area contributed by atoms with Crippen LogP contribution in [0.5, 0.6) is 0 Å². The summed E-state index contributed by atoms with van der Waals surface area (Å²) in [6, 6.07) is 7.87. The van der Waals surface area contributed by atoms with Gasteiger partial charge in [-0.3, -0.25) is 9.59 Å². The van der Waals surface area contributed by atoms with Gasteiger partial charge in [0.15, 0.2) is 0 Å². The van der Waals surface area contributed by atoms with E-state index < -0.39 is 7.12 Å². The number of pyridine rings is 1. The molecule has 1 amide bonds. The molecule has 0 unspecified atom stereocenters. The largest absolute Gasteiger partial charge is 0.488 e. The van der Waals surface area contributed by atoms with Crippen molar-refractivity contribution < 1.29 is 14.8 Å². The van der Waals surface area contributed by atoms with E-state index in [1.54, 1.807) is 19.1 Å². The molecule has 0 bridgehead atoms. The zero-order valence-corrected chi connectivity index (χ0v) is 12.4. The van der Waals surface area contributed by atoms with Gasteiger partial charge in [0, 0.05) is 23.4 Å². The maximum Gasteiger partial charge on any atom is 0.488 e. The third-order valence-corrected chi connectivity index (χ3v) is 3.37. The summed E-state index contributed by atoms with van der Waals surface area (Å²) in [6.07, 6.45) is 0. The van der Waals surface area contributed by atoms with Crippen LogP contribution in [0.3, 0.4) is 0 Å². The molecule has 0 aliphatic rings. The fourth-order valence-electron chi connectivity index (χ4n) is 2.21. The first-order valence-electron chi connectivity index (χ1n) is 6.82. The minimum Gasteiger partial charge on any atom is -0.423 e. The van der Waals surface area contributed by atoms with Gasteiger partial charge in [-0.25, -0.2) is 0 Å². The second kappa shape index (κ2) is 6.59. The van der Waals surface area contributed by atoms with Crippen molar-refractivity contribution in [3.05, 3.63) is 63.1 Å². The number of amides is 1. The molecule has 1 aromatic carbocycles. The summed E-state index contributed by atoms with van der Waals surface area (Å²) in [4.78, 5) is 26.7. The zero-order valence-electron chi connectivity index (χ0n) is 12.4. The molecule has 0 aliphatic carbocycles. The minimum atomic E-state index is -1.63. The lowest BCUT2D eigenvalue weighted by molar-refractivity contribution is 0.0951. The van der Waals surface area contributed by atoms with Gasteiger partial charge in [-0.15, -0.1) is 0 Å². The molecule has 0 aliphatic heterocycles. The maximum atomic E-state index is 12.1. The van der Waals surface area contributed by atoms with E-state index in [0.29, 0.717) is 11.1 Å². The summed E-state index contributed by atoms with van der Waals surface area (Å²) < 4.78 is 0. The Balaban J connectivity index is 2.14. The summed E-state index contributed by atoms with van der Waals surface area (Å²) in [5, 5.41) is 20.9. The monoisotopic (exact) mass is 300 g/mol. The number of hydrogen-bond donors (Lipinski definition) is 4. The van der Waals surface area contributed by atoms with Crippen molar-refractivity contribution in [2.24, 2.45) is 0 Å². The molecule has 22 heavy (non-hydrogen) atoms. The van der Waals surface area contributed by atoms with Crippen molar-refractivity contribution in [1.29, 1.82) is 0 Å². The molecule has 6 nitrogen and oxygen atoms in total. The van der Waals surface area contributed by atoms with Crippen molar-refractivity contribution >= 4 is 18.5 Å². The third kappa shape index (κ3) is 3.63. The van der Waals surface area contributed by atoms with Crippen molar-refractivity contribution in [2.75, 3.05) is 0 Å². The number of rotatable bonds is 4. The zero-order chi connectivity index (χ0) is 16.3. The molecule has 0 atom stereocenters. The first-order chi connectivity index (χ1) is 10.4. The molecule has 0 saturated heterocycles. The topological polar surface area (TPSA) is 102 Å². The molecular formula is C15H17BN2O4. The van der Waals surface area contributed by atoms with Gasteiger partial charge in [0.25, 0.3) is 11.5 Å². The van der Waals surface area contributed by atoms with Crippen LogP contribution >= 0.6 is 0 Å². The van der Waals surface area contributed by atoms with E-state index in [2.05, 4.69) is 10.3 Å². The van der Waals surface area contributed by atoms with E-state index in [0.717, 1.165) is 11.3 Å². The quantitative estimate of drug-likeness (QED) is 0.577. The Bertz CT molecular complexity index is 755. The van der Waals surface area contributed by atoms with Crippen molar-refractivity contribution in [3.63, 3.8) is 0 Å². The number of carbonyl (C=O) groups excluding carboxylic acids is 1. The third-order valence-electron chi connectivity index (χ3n) is 3.37.